The van der Waals surface area contributed by atoms with Gasteiger partial charge in [0.15, 0.2) is 0 Å². The molecule has 0 aromatic carbocycles. The molecule has 0 spiro atoms. The molecule has 1 unspecified atom stereocenters. The first kappa shape index (κ1) is 16.1. The van der Waals surface area contributed by atoms with Crippen LogP contribution in [-0.2, 0) is 6.42 Å². The van der Waals surface area contributed by atoms with E-state index in [9.17, 15) is 0 Å². The van der Waals surface area contributed by atoms with Crippen LogP contribution in [0.25, 0.3) is 0 Å². The van der Waals surface area contributed by atoms with Gasteiger partial charge >= 0.3 is 0 Å². The molecule has 1 heterocycles. The summed E-state index contributed by atoms with van der Waals surface area (Å²) >= 11 is 1.94. The van der Waals surface area contributed by atoms with Crippen LogP contribution in [0.1, 0.15) is 39.9 Å². The topological polar surface area (TPSA) is 49.8 Å². The molecule has 1 rings (SSSR count). The number of nitrogens with zero attached hydrogens (tertiary/aromatic N) is 2. The van der Waals surface area contributed by atoms with Crippen LogP contribution in [0.15, 0.2) is 6.07 Å². The lowest BCUT2D eigenvalue weighted by Crippen LogP contribution is -2.20. The summed E-state index contributed by atoms with van der Waals surface area (Å²) in [6.07, 6.45) is 1.99. The number of aryl methyl sites for hydroxylation is 1. The van der Waals surface area contributed by atoms with Gasteiger partial charge in [0, 0.05) is 30.8 Å². The van der Waals surface area contributed by atoms with E-state index >= 15 is 0 Å². The highest BCUT2D eigenvalue weighted by Crippen LogP contribution is 2.14. The van der Waals surface area contributed by atoms with E-state index in [-0.39, 0.29) is 0 Å². The third-order valence-corrected chi connectivity index (χ3v) is 3.71. The molecule has 0 amide bonds. The van der Waals surface area contributed by atoms with Crippen molar-refractivity contribution >= 4 is 23.4 Å². The summed E-state index contributed by atoms with van der Waals surface area (Å²) in [5.74, 6) is 5.01. The Hall–Kier alpha value is -0.970. The van der Waals surface area contributed by atoms with Gasteiger partial charge < -0.3 is 10.6 Å². The van der Waals surface area contributed by atoms with Gasteiger partial charge in [-0.1, -0.05) is 13.8 Å². The number of hydrogen-bond donors (Lipinski definition) is 2. The summed E-state index contributed by atoms with van der Waals surface area (Å²) in [6, 6.07) is 2.42. The van der Waals surface area contributed by atoms with E-state index in [1.165, 1.54) is 0 Å². The van der Waals surface area contributed by atoms with Gasteiger partial charge in [0.1, 0.15) is 17.5 Å². The van der Waals surface area contributed by atoms with Crippen molar-refractivity contribution in [2.45, 2.75) is 46.6 Å². The fourth-order valence-electron chi connectivity index (χ4n) is 1.77. The van der Waals surface area contributed by atoms with Crippen molar-refractivity contribution in [2.24, 2.45) is 0 Å². The molecule has 0 saturated carbocycles. The third kappa shape index (κ3) is 6.14. The smallest absolute Gasteiger partial charge is 0.133 e. The quantitative estimate of drug-likeness (QED) is 0.727. The fraction of sp³-hybridized carbons (Fsp3) is 0.714. The highest BCUT2D eigenvalue weighted by Gasteiger charge is 2.07. The molecule has 4 nitrogen and oxygen atoms in total. The zero-order chi connectivity index (χ0) is 14.1. The SMILES string of the molecule is CCCc1nc(NCC)cc(NC(C)CSCC)n1. The zero-order valence-electron chi connectivity index (χ0n) is 12.5. The van der Waals surface area contributed by atoms with Gasteiger partial charge in [0.2, 0.25) is 0 Å². The normalized spacial score (nSPS) is 12.2. The number of rotatable bonds is 9. The molecule has 0 radical (unpaired) electrons. The van der Waals surface area contributed by atoms with Crippen LogP contribution in [0, 0.1) is 0 Å². The predicted molar refractivity (Wildman–Crippen MR) is 86.3 cm³/mol. The third-order valence-electron chi connectivity index (χ3n) is 2.57. The van der Waals surface area contributed by atoms with E-state index < -0.39 is 0 Å². The summed E-state index contributed by atoms with van der Waals surface area (Å²) in [6.45, 7) is 9.48. The molecule has 2 N–H and O–H groups in total. The van der Waals surface area contributed by atoms with Gasteiger partial charge in [0.05, 0.1) is 0 Å². The maximum atomic E-state index is 4.58. The number of anilines is 2. The average molecular weight is 282 g/mol. The van der Waals surface area contributed by atoms with Gasteiger partial charge in [-0.25, -0.2) is 9.97 Å². The second kappa shape index (κ2) is 9.02. The first-order chi connectivity index (χ1) is 9.19. The van der Waals surface area contributed by atoms with Crippen LogP contribution in [0.3, 0.4) is 0 Å². The van der Waals surface area contributed by atoms with Crippen LogP contribution in [-0.4, -0.2) is 34.1 Å². The van der Waals surface area contributed by atoms with Gasteiger partial charge in [-0.3, -0.25) is 0 Å². The van der Waals surface area contributed by atoms with Crippen LogP contribution >= 0.6 is 11.8 Å². The van der Waals surface area contributed by atoms with Crippen molar-refractivity contribution in [3.05, 3.63) is 11.9 Å². The Kier molecular flexibility index (Phi) is 7.63. The molecule has 108 valence electrons. The lowest BCUT2D eigenvalue weighted by Gasteiger charge is -2.15. The minimum absolute atomic E-state index is 0.420. The Bertz CT molecular complexity index is 346. The number of nitrogens with one attached hydrogen (secondary N) is 2. The summed E-state index contributed by atoms with van der Waals surface area (Å²) in [5.41, 5.74) is 0. The van der Waals surface area contributed by atoms with E-state index in [4.69, 9.17) is 0 Å². The molecule has 1 atom stereocenters. The molecule has 1 aromatic rings. The van der Waals surface area contributed by atoms with Crippen LogP contribution in [0.4, 0.5) is 11.6 Å². The van der Waals surface area contributed by atoms with Crippen LogP contribution in [0.5, 0.6) is 0 Å². The Labute approximate surface area is 121 Å². The number of thioether (sulfide) groups is 1. The maximum absolute atomic E-state index is 4.58. The van der Waals surface area contributed by atoms with E-state index in [0.717, 1.165) is 48.4 Å². The van der Waals surface area contributed by atoms with E-state index in [1.807, 2.05) is 17.8 Å². The van der Waals surface area contributed by atoms with E-state index in [1.54, 1.807) is 0 Å². The molecule has 1 aromatic heterocycles. The molecule has 0 aliphatic rings. The second-order valence-corrected chi connectivity index (χ2v) is 5.86. The second-order valence-electron chi connectivity index (χ2n) is 4.54. The highest BCUT2D eigenvalue weighted by molar-refractivity contribution is 7.99. The maximum Gasteiger partial charge on any atom is 0.133 e. The van der Waals surface area contributed by atoms with Gasteiger partial charge in [-0.05, 0) is 26.0 Å². The minimum Gasteiger partial charge on any atom is -0.370 e. The molecule has 0 saturated heterocycles. The first-order valence-electron chi connectivity index (χ1n) is 7.15. The molecule has 0 aliphatic carbocycles. The Morgan fingerprint density at radius 1 is 1.21 bits per heavy atom. The fourth-order valence-corrected chi connectivity index (χ4v) is 2.44. The standard InChI is InChI=1S/C14H26N4S/c1-5-8-12-17-13(15-6-2)9-14(18-12)16-11(4)10-19-7-3/h9,11H,5-8,10H2,1-4H3,(H2,15,16,17,18). The summed E-state index contributed by atoms with van der Waals surface area (Å²) in [7, 11) is 0. The molecule has 0 aliphatic heterocycles. The van der Waals surface area contributed by atoms with Crippen molar-refractivity contribution in [1.29, 1.82) is 0 Å². The summed E-state index contributed by atoms with van der Waals surface area (Å²) in [4.78, 5) is 9.10. The van der Waals surface area contributed by atoms with Crippen molar-refractivity contribution in [3.63, 3.8) is 0 Å². The summed E-state index contributed by atoms with van der Waals surface area (Å²) in [5, 5.41) is 6.73. The van der Waals surface area contributed by atoms with Crippen molar-refractivity contribution in [2.75, 3.05) is 28.7 Å². The number of hydrogen-bond acceptors (Lipinski definition) is 5. The zero-order valence-corrected chi connectivity index (χ0v) is 13.3. The van der Waals surface area contributed by atoms with Crippen molar-refractivity contribution in [3.8, 4) is 0 Å². The van der Waals surface area contributed by atoms with Crippen molar-refractivity contribution in [1.82, 2.24) is 9.97 Å². The lowest BCUT2D eigenvalue weighted by molar-refractivity contribution is 0.824. The molecule has 19 heavy (non-hydrogen) atoms. The lowest BCUT2D eigenvalue weighted by atomic mass is 10.3. The highest BCUT2D eigenvalue weighted by atomic mass is 32.2. The van der Waals surface area contributed by atoms with Gasteiger partial charge in [-0.15, -0.1) is 0 Å². The van der Waals surface area contributed by atoms with E-state index in [0.29, 0.717) is 6.04 Å². The van der Waals surface area contributed by atoms with Crippen LogP contribution in [0.2, 0.25) is 0 Å². The van der Waals surface area contributed by atoms with Crippen LogP contribution < -0.4 is 10.6 Å². The Morgan fingerprint density at radius 3 is 2.58 bits per heavy atom. The molecular weight excluding hydrogens is 256 g/mol. The van der Waals surface area contributed by atoms with Gasteiger partial charge in [0.25, 0.3) is 0 Å². The summed E-state index contributed by atoms with van der Waals surface area (Å²) < 4.78 is 0. The molecule has 0 bridgehead atoms. The van der Waals surface area contributed by atoms with Crippen molar-refractivity contribution < 1.29 is 0 Å². The predicted octanol–water partition coefficient (Wildman–Crippen LogP) is 3.41. The van der Waals surface area contributed by atoms with E-state index in [2.05, 4.69) is 48.3 Å². The first-order valence-corrected chi connectivity index (χ1v) is 8.31. The molecule has 0 fully saturated rings. The number of aromatic nitrogens is 2. The van der Waals surface area contributed by atoms with Gasteiger partial charge in [-0.2, -0.15) is 11.8 Å². The Morgan fingerprint density at radius 2 is 1.95 bits per heavy atom. The molecular formula is C14H26N4S. The largest absolute Gasteiger partial charge is 0.370 e. The monoisotopic (exact) mass is 282 g/mol. The minimum atomic E-state index is 0.420. The average Bonchev–Trinajstić information content (AvgIpc) is 2.37. The molecule has 5 heteroatoms. The Balaban J connectivity index is 2.74.